The predicted octanol–water partition coefficient (Wildman–Crippen LogP) is 3.50. The SMILES string of the molecule is C=C(C)C(F)C(C)(O)C(NC/C=C/c1ccc(-c2ccccc2)cc1)C(=O)NO. The second kappa shape index (κ2) is 10.1. The number of aliphatic hydroxyl groups is 1. The number of carbonyl (C=O) groups is 1. The summed E-state index contributed by atoms with van der Waals surface area (Å²) in [6.07, 6.45) is 1.75. The molecule has 2 aromatic rings. The number of nitrogens with one attached hydrogen (secondary N) is 2. The zero-order valence-corrected chi connectivity index (χ0v) is 16.6. The summed E-state index contributed by atoms with van der Waals surface area (Å²) in [5.41, 5.74) is 2.65. The third-order valence-corrected chi connectivity index (χ3v) is 4.67. The molecule has 0 saturated carbocycles. The average Bonchev–Trinajstić information content (AvgIpc) is 2.73. The van der Waals surface area contributed by atoms with Crippen LogP contribution in [0.2, 0.25) is 0 Å². The first-order valence-corrected chi connectivity index (χ1v) is 9.28. The van der Waals surface area contributed by atoms with Gasteiger partial charge in [0.2, 0.25) is 0 Å². The molecule has 0 aliphatic heterocycles. The summed E-state index contributed by atoms with van der Waals surface area (Å²) in [5.74, 6) is -0.931. The van der Waals surface area contributed by atoms with Crippen LogP contribution >= 0.6 is 0 Å². The van der Waals surface area contributed by atoms with Crippen molar-refractivity contribution in [3.63, 3.8) is 0 Å². The van der Waals surface area contributed by atoms with Gasteiger partial charge in [-0.1, -0.05) is 73.3 Å². The van der Waals surface area contributed by atoms with Gasteiger partial charge in [0.1, 0.15) is 11.6 Å². The van der Waals surface area contributed by atoms with Crippen LogP contribution in [0.5, 0.6) is 0 Å². The molecular weight excluding hydrogens is 371 g/mol. The van der Waals surface area contributed by atoms with Crippen molar-refractivity contribution < 1.29 is 19.5 Å². The first kappa shape index (κ1) is 22.5. The minimum Gasteiger partial charge on any atom is -0.385 e. The van der Waals surface area contributed by atoms with E-state index in [0.29, 0.717) is 0 Å². The summed E-state index contributed by atoms with van der Waals surface area (Å²) in [4.78, 5) is 11.9. The van der Waals surface area contributed by atoms with E-state index in [1.165, 1.54) is 19.3 Å². The quantitative estimate of drug-likeness (QED) is 0.296. The molecule has 29 heavy (non-hydrogen) atoms. The number of rotatable bonds is 9. The molecule has 3 atom stereocenters. The summed E-state index contributed by atoms with van der Waals surface area (Å²) in [5, 5.41) is 22.2. The number of alkyl halides is 1. The molecule has 2 rings (SSSR count). The minimum atomic E-state index is -2.08. The second-order valence-corrected chi connectivity index (χ2v) is 7.14. The number of hydrogen-bond donors (Lipinski definition) is 4. The molecule has 1 amide bonds. The van der Waals surface area contributed by atoms with Crippen molar-refractivity contribution in [1.29, 1.82) is 0 Å². The van der Waals surface area contributed by atoms with Crippen molar-refractivity contribution in [1.82, 2.24) is 10.8 Å². The van der Waals surface area contributed by atoms with Crippen LogP contribution in [0.1, 0.15) is 19.4 Å². The van der Waals surface area contributed by atoms with Crippen molar-refractivity contribution in [2.45, 2.75) is 31.7 Å². The largest absolute Gasteiger partial charge is 0.385 e. The van der Waals surface area contributed by atoms with Crippen LogP contribution in [-0.4, -0.2) is 40.6 Å². The lowest BCUT2D eigenvalue weighted by molar-refractivity contribution is -0.140. The molecule has 2 aromatic carbocycles. The lowest BCUT2D eigenvalue weighted by atomic mass is 9.87. The average molecular weight is 398 g/mol. The molecule has 0 spiro atoms. The number of carbonyl (C=O) groups excluding carboxylic acids is 1. The fourth-order valence-electron chi connectivity index (χ4n) is 3.07. The van der Waals surface area contributed by atoms with Crippen LogP contribution in [0.25, 0.3) is 17.2 Å². The lowest BCUT2D eigenvalue weighted by Gasteiger charge is -2.34. The molecule has 4 N–H and O–H groups in total. The zero-order valence-electron chi connectivity index (χ0n) is 16.6. The summed E-state index contributed by atoms with van der Waals surface area (Å²) < 4.78 is 14.3. The Hall–Kier alpha value is -2.80. The van der Waals surface area contributed by atoms with Gasteiger partial charge >= 0.3 is 0 Å². The molecule has 0 heterocycles. The van der Waals surface area contributed by atoms with Crippen LogP contribution in [-0.2, 0) is 4.79 Å². The maximum absolute atomic E-state index is 14.3. The van der Waals surface area contributed by atoms with Crippen LogP contribution in [0.3, 0.4) is 0 Å². The maximum atomic E-state index is 14.3. The number of hydroxylamine groups is 1. The molecule has 0 radical (unpaired) electrons. The van der Waals surface area contributed by atoms with Gasteiger partial charge in [0, 0.05) is 6.54 Å². The van der Waals surface area contributed by atoms with E-state index in [0.717, 1.165) is 16.7 Å². The van der Waals surface area contributed by atoms with E-state index in [4.69, 9.17) is 5.21 Å². The monoisotopic (exact) mass is 398 g/mol. The first-order valence-electron chi connectivity index (χ1n) is 9.28. The van der Waals surface area contributed by atoms with Gasteiger partial charge < -0.3 is 5.11 Å². The van der Waals surface area contributed by atoms with E-state index in [-0.39, 0.29) is 12.1 Å². The van der Waals surface area contributed by atoms with E-state index in [2.05, 4.69) is 11.9 Å². The highest BCUT2D eigenvalue weighted by Crippen LogP contribution is 2.24. The fourth-order valence-corrected chi connectivity index (χ4v) is 3.07. The van der Waals surface area contributed by atoms with E-state index in [1.54, 1.807) is 6.08 Å². The number of benzene rings is 2. The molecule has 0 saturated heterocycles. The van der Waals surface area contributed by atoms with Gasteiger partial charge in [-0.15, -0.1) is 0 Å². The zero-order chi connectivity index (χ0) is 21.4. The number of hydrogen-bond acceptors (Lipinski definition) is 4. The summed E-state index contributed by atoms with van der Waals surface area (Å²) in [6, 6.07) is 16.6. The van der Waals surface area contributed by atoms with E-state index in [9.17, 15) is 14.3 Å². The Balaban J connectivity index is 2.02. The van der Waals surface area contributed by atoms with Crippen LogP contribution < -0.4 is 10.8 Å². The van der Waals surface area contributed by atoms with Crippen LogP contribution in [0.4, 0.5) is 4.39 Å². The van der Waals surface area contributed by atoms with E-state index >= 15 is 0 Å². The Labute approximate surface area is 170 Å². The second-order valence-electron chi connectivity index (χ2n) is 7.14. The Morgan fingerprint density at radius 2 is 1.76 bits per heavy atom. The Bertz CT molecular complexity index is 848. The lowest BCUT2D eigenvalue weighted by Crippen LogP contribution is -2.61. The molecule has 0 aromatic heterocycles. The fraction of sp³-hybridized carbons (Fsp3) is 0.261. The first-order chi connectivity index (χ1) is 13.8. The van der Waals surface area contributed by atoms with Gasteiger partial charge in [0.15, 0.2) is 6.17 Å². The standard InChI is InChI=1S/C23H27FN2O3/c1-16(2)20(24)23(3,28)21(22(27)26-29)25-15-7-8-17-11-13-19(14-12-17)18-9-5-4-6-10-18/h4-14,20-21,25,28-29H,1,15H2,2-3H3,(H,26,27)/b8-7+. The third kappa shape index (κ3) is 5.84. The van der Waals surface area contributed by atoms with E-state index < -0.39 is 23.7 Å². The Morgan fingerprint density at radius 1 is 1.17 bits per heavy atom. The molecule has 5 nitrogen and oxygen atoms in total. The number of amides is 1. The summed E-state index contributed by atoms with van der Waals surface area (Å²) >= 11 is 0. The molecule has 3 unspecified atom stereocenters. The topological polar surface area (TPSA) is 81.6 Å². The van der Waals surface area contributed by atoms with Crippen molar-refractivity contribution >= 4 is 12.0 Å². The minimum absolute atomic E-state index is 0.0848. The normalized spacial score (nSPS) is 15.5. The van der Waals surface area contributed by atoms with E-state index in [1.807, 2.05) is 60.7 Å². The molecular formula is C23H27FN2O3. The highest BCUT2D eigenvalue weighted by molar-refractivity contribution is 5.82. The van der Waals surface area contributed by atoms with Crippen molar-refractivity contribution in [2.75, 3.05) is 6.54 Å². The molecule has 0 fully saturated rings. The Kier molecular flexibility index (Phi) is 7.84. The highest BCUT2D eigenvalue weighted by Gasteiger charge is 2.44. The molecule has 154 valence electrons. The molecule has 0 bridgehead atoms. The predicted molar refractivity (Wildman–Crippen MR) is 113 cm³/mol. The van der Waals surface area contributed by atoms with Crippen LogP contribution in [0.15, 0.2) is 72.8 Å². The highest BCUT2D eigenvalue weighted by atomic mass is 19.1. The van der Waals surface area contributed by atoms with Crippen molar-refractivity contribution in [3.8, 4) is 11.1 Å². The molecule has 0 aliphatic rings. The summed E-state index contributed by atoms with van der Waals surface area (Å²) in [7, 11) is 0. The molecule has 0 aliphatic carbocycles. The van der Waals surface area contributed by atoms with Gasteiger partial charge in [0.05, 0.1) is 0 Å². The maximum Gasteiger partial charge on any atom is 0.263 e. The van der Waals surface area contributed by atoms with Gasteiger partial charge in [-0.2, -0.15) is 0 Å². The smallest absolute Gasteiger partial charge is 0.263 e. The third-order valence-electron chi connectivity index (χ3n) is 4.67. The van der Waals surface area contributed by atoms with Crippen molar-refractivity contribution in [3.05, 3.63) is 78.4 Å². The van der Waals surface area contributed by atoms with Gasteiger partial charge in [-0.25, -0.2) is 9.87 Å². The number of halogens is 1. The Morgan fingerprint density at radius 3 is 2.31 bits per heavy atom. The van der Waals surface area contributed by atoms with Gasteiger partial charge in [-0.3, -0.25) is 15.3 Å². The van der Waals surface area contributed by atoms with Gasteiger partial charge in [0.25, 0.3) is 5.91 Å². The molecule has 6 heteroatoms. The summed E-state index contributed by atoms with van der Waals surface area (Å²) in [6.45, 7) is 6.27. The van der Waals surface area contributed by atoms with Gasteiger partial charge in [-0.05, 0) is 36.1 Å². The van der Waals surface area contributed by atoms with Crippen molar-refractivity contribution in [2.24, 2.45) is 0 Å². The van der Waals surface area contributed by atoms with Crippen LogP contribution in [0, 0.1) is 0 Å².